The minimum absolute atomic E-state index is 0.138. The van der Waals surface area contributed by atoms with Gasteiger partial charge in [0.05, 0.1) is 6.04 Å². The number of aromatic nitrogens is 3. The number of ether oxygens (including phenoxy) is 1. The molecule has 0 aliphatic carbocycles. The topological polar surface area (TPSA) is 85.8 Å². The molecule has 1 fully saturated rings. The highest BCUT2D eigenvalue weighted by Crippen LogP contribution is 2.36. The molecule has 5 rings (SSSR count). The Kier molecular flexibility index (Phi) is 6.59. The van der Waals surface area contributed by atoms with Gasteiger partial charge in [0.1, 0.15) is 35.2 Å². The molecule has 4 aromatic rings. The van der Waals surface area contributed by atoms with Gasteiger partial charge < -0.3 is 15.4 Å². The molecule has 36 heavy (non-hydrogen) atoms. The second kappa shape index (κ2) is 10.1. The lowest BCUT2D eigenvalue weighted by Crippen LogP contribution is -2.30. The van der Waals surface area contributed by atoms with Gasteiger partial charge in [-0.3, -0.25) is 9.20 Å². The lowest BCUT2D eigenvalue weighted by atomic mass is 10.1. The summed E-state index contributed by atoms with van der Waals surface area (Å²) in [4.78, 5) is 24.0. The fraction of sp³-hybridized carbons (Fsp3) is 0.276. The lowest BCUT2D eigenvalue weighted by Gasteiger charge is -2.21. The molecule has 1 aliphatic heterocycles. The number of nitrogens with two attached hydrogens (primary N) is 1. The molecule has 7 heteroatoms. The molecule has 1 atom stereocenters. The molecular weight excluding hydrogens is 450 g/mol. The summed E-state index contributed by atoms with van der Waals surface area (Å²) in [7, 11) is 0. The zero-order valence-corrected chi connectivity index (χ0v) is 20.5. The van der Waals surface area contributed by atoms with E-state index in [2.05, 4.69) is 16.8 Å². The Bertz CT molecular complexity index is 1430. The summed E-state index contributed by atoms with van der Waals surface area (Å²) in [6.07, 6.45) is 5.24. The van der Waals surface area contributed by atoms with E-state index >= 15 is 0 Å². The molecule has 0 unspecified atom stereocenters. The number of hydrogen-bond acceptors (Lipinski definition) is 5. The highest BCUT2D eigenvalue weighted by atomic mass is 16.5. The van der Waals surface area contributed by atoms with Crippen molar-refractivity contribution < 1.29 is 9.53 Å². The number of fused-ring (bicyclic) bond motifs is 1. The average Bonchev–Trinajstić information content (AvgIpc) is 3.53. The predicted octanol–water partition coefficient (Wildman–Crippen LogP) is 4.88. The molecule has 2 aromatic heterocycles. The van der Waals surface area contributed by atoms with Crippen LogP contribution in [-0.4, -0.2) is 31.7 Å². The van der Waals surface area contributed by atoms with Gasteiger partial charge >= 0.3 is 0 Å². The number of carbonyl (C=O) groups excluding carboxylic acids is 1. The van der Waals surface area contributed by atoms with Gasteiger partial charge in [-0.15, -0.1) is 0 Å². The summed E-state index contributed by atoms with van der Waals surface area (Å²) < 4.78 is 7.90. The van der Waals surface area contributed by atoms with E-state index in [0.717, 1.165) is 46.8 Å². The molecule has 2 aromatic carbocycles. The van der Waals surface area contributed by atoms with Crippen molar-refractivity contribution in [1.29, 1.82) is 0 Å². The first-order valence-corrected chi connectivity index (χ1v) is 12.2. The maximum Gasteiger partial charge on any atom is 0.299 e. The number of carbonyl (C=O) groups is 1. The SMILES string of the molecule is CC(C)C#CC(=O)N1CCC[C@H]1c1nc(-c2ccc(OCc3ccccc3)cc2)c2c(N)nccn12. The normalized spacial score (nSPS) is 15.2. The highest BCUT2D eigenvalue weighted by Gasteiger charge is 2.33. The van der Waals surface area contributed by atoms with Crippen molar-refractivity contribution in [2.75, 3.05) is 12.3 Å². The number of anilines is 1. The molecule has 7 nitrogen and oxygen atoms in total. The van der Waals surface area contributed by atoms with Crippen molar-refractivity contribution in [2.24, 2.45) is 5.92 Å². The lowest BCUT2D eigenvalue weighted by molar-refractivity contribution is -0.126. The third-order valence-corrected chi connectivity index (χ3v) is 6.27. The van der Waals surface area contributed by atoms with E-state index in [9.17, 15) is 4.79 Å². The monoisotopic (exact) mass is 479 g/mol. The number of hydrogen-bond donors (Lipinski definition) is 1. The van der Waals surface area contributed by atoms with E-state index in [1.165, 1.54) is 0 Å². The summed E-state index contributed by atoms with van der Waals surface area (Å²) >= 11 is 0. The number of amides is 1. The van der Waals surface area contributed by atoms with Gasteiger partial charge in [0, 0.05) is 30.4 Å². The van der Waals surface area contributed by atoms with Gasteiger partial charge in [-0.1, -0.05) is 50.1 Å². The Labute approximate surface area is 210 Å². The van der Waals surface area contributed by atoms with E-state index in [1.807, 2.05) is 83.9 Å². The van der Waals surface area contributed by atoms with Crippen molar-refractivity contribution in [3.8, 4) is 28.8 Å². The third kappa shape index (κ3) is 4.76. The maximum absolute atomic E-state index is 12.9. The van der Waals surface area contributed by atoms with Gasteiger partial charge in [-0.05, 0) is 48.6 Å². The Hall–Kier alpha value is -4.31. The van der Waals surface area contributed by atoms with E-state index in [-0.39, 0.29) is 17.9 Å². The smallest absolute Gasteiger partial charge is 0.299 e. The average molecular weight is 480 g/mol. The van der Waals surface area contributed by atoms with E-state index in [1.54, 1.807) is 6.20 Å². The van der Waals surface area contributed by atoms with Crippen LogP contribution >= 0.6 is 0 Å². The number of likely N-dealkylation sites (tertiary alicyclic amines) is 1. The van der Waals surface area contributed by atoms with Gasteiger partial charge in [0.15, 0.2) is 0 Å². The largest absolute Gasteiger partial charge is 0.489 e. The Morgan fingerprint density at radius 3 is 2.69 bits per heavy atom. The van der Waals surface area contributed by atoms with Crippen LogP contribution in [0.1, 0.15) is 44.1 Å². The molecule has 2 N–H and O–H groups in total. The van der Waals surface area contributed by atoms with Crippen LogP contribution < -0.4 is 10.5 Å². The maximum atomic E-state index is 12.9. The Morgan fingerprint density at radius 2 is 1.94 bits per heavy atom. The summed E-state index contributed by atoms with van der Waals surface area (Å²) in [6, 6.07) is 17.7. The summed E-state index contributed by atoms with van der Waals surface area (Å²) in [5.41, 5.74) is 9.81. The van der Waals surface area contributed by atoms with Gasteiger partial charge in [-0.2, -0.15) is 0 Å². The van der Waals surface area contributed by atoms with Crippen LogP contribution in [0.15, 0.2) is 67.0 Å². The van der Waals surface area contributed by atoms with E-state index in [4.69, 9.17) is 15.5 Å². The van der Waals surface area contributed by atoms with Crippen molar-refractivity contribution in [2.45, 2.75) is 39.3 Å². The molecule has 182 valence electrons. The zero-order chi connectivity index (χ0) is 25.1. The number of imidazole rings is 1. The van der Waals surface area contributed by atoms with Crippen LogP contribution in [0.5, 0.6) is 5.75 Å². The van der Waals surface area contributed by atoms with Crippen molar-refractivity contribution in [3.05, 3.63) is 78.4 Å². The molecule has 3 heterocycles. The van der Waals surface area contributed by atoms with Crippen molar-refractivity contribution >= 4 is 17.2 Å². The van der Waals surface area contributed by atoms with Crippen LogP contribution in [-0.2, 0) is 11.4 Å². The fourth-order valence-corrected chi connectivity index (χ4v) is 4.53. The first-order chi connectivity index (χ1) is 17.5. The number of benzene rings is 2. The van der Waals surface area contributed by atoms with E-state index in [0.29, 0.717) is 19.0 Å². The van der Waals surface area contributed by atoms with Crippen LogP contribution in [0.2, 0.25) is 0 Å². The van der Waals surface area contributed by atoms with Gasteiger partial charge in [0.2, 0.25) is 0 Å². The summed E-state index contributed by atoms with van der Waals surface area (Å²) in [5.74, 6) is 7.71. The Morgan fingerprint density at radius 1 is 1.17 bits per heavy atom. The van der Waals surface area contributed by atoms with Crippen LogP contribution in [0.3, 0.4) is 0 Å². The molecule has 0 radical (unpaired) electrons. The zero-order valence-electron chi connectivity index (χ0n) is 20.5. The minimum atomic E-state index is -0.171. The van der Waals surface area contributed by atoms with Crippen molar-refractivity contribution in [3.63, 3.8) is 0 Å². The summed E-state index contributed by atoms with van der Waals surface area (Å²) in [6.45, 7) is 5.11. The molecule has 0 saturated carbocycles. The van der Waals surface area contributed by atoms with Crippen LogP contribution in [0.25, 0.3) is 16.8 Å². The van der Waals surface area contributed by atoms with Crippen LogP contribution in [0.4, 0.5) is 5.82 Å². The number of nitrogen functional groups attached to an aromatic ring is 1. The van der Waals surface area contributed by atoms with Gasteiger partial charge in [0.25, 0.3) is 5.91 Å². The van der Waals surface area contributed by atoms with Crippen LogP contribution in [0, 0.1) is 17.8 Å². The predicted molar refractivity (Wildman–Crippen MR) is 140 cm³/mol. The second-order valence-electron chi connectivity index (χ2n) is 9.23. The number of rotatable bonds is 5. The first kappa shape index (κ1) is 23.4. The molecule has 1 aliphatic rings. The fourth-order valence-electron chi connectivity index (χ4n) is 4.53. The quantitative estimate of drug-likeness (QED) is 0.412. The third-order valence-electron chi connectivity index (χ3n) is 6.27. The summed E-state index contributed by atoms with van der Waals surface area (Å²) in [5, 5.41) is 0. The second-order valence-corrected chi connectivity index (χ2v) is 9.23. The Balaban J connectivity index is 1.46. The highest BCUT2D eigenvalue weighted by molar-refractivity contribution is 5.94. The first-order valence-electron chi connectivity index (χ1n) is 12.2. The number of nitrogens with zero attached hydrogens (tertiary/aromatic N) is 4. The van der Waals surface area contributed by atoms with Crippen molar-refractivity contribution in [1.82, 2.24) is 19.3 Å². The molecule has 1 amide bonds. The van der Waals surface area contributed by atoms with Gasteiger partial charge in [-0.25, -0.2) is 9.97 Å². The standard InChI is InChI=1S/C29H29N5O2/c1-20(2)10-15-25(35)33-17-6-9-24(33)29-32-26(27-28(30)31-16-18-34(27)29)22-11-13-23(14-12-22)36-19-21-7-4-3-5-8-21/h3-5,7-8,11-14,16,18,20,24H,6,9,17,19H2,1-2H3,(H2,30,31)/t24-/m0/s1. The minimum Gasteiger partial charge on any atom is -0.489 e. The molecule has 1 saturated heterocycles. The van der Waals surface area contributed by atoms with E-state index < -0.39 is 0 Å². The molecule has 0 bridgehead atoms. The molecule has 0 spiro atoms. The molecular formula is C29H29N5O2.